The van der Waals surface area contributed by atoms with Gasteiger partial charge in [-0.15, -0.1) is 0 Å². The van der Waals surface area contributed by atoms with Crippen molar-refractivity contribution in [3.05, 3.63) is 29.8 Å². The SMILES string of the molecule is Cc1ccc(S(=O)(=O)OCCOCCOCCOCCOCCN(C)C)cc1. The molecule has 0 aliphatic carbocycles. The number of benzene rings is 1. The normalized spacial score (nSPS) is 12.0. The van der Waals surface area contributed by atoms with E-state index in [0.29, 0.717) is 46.2 Å². The van der Waals surface area contributed by atoms with Gasteiger partial charge in [-0.1, -0.05) is 17.7 Å². The van der Waals surface area contributed by atoms with Gasteiger partial charge in [0.25, 0.3) is 10.1 Å². The van der Waals surface area contributed by atoms with Gasteiger partial charge in [-0.3, -0.25) is 4.18 Å². The van der Waals surface area contributed by atoms with Crippen LogP contribution in [0.5, 0.6) is 0 Å². The number of nitrogens with zero attached hydrogens (tertiary/aromatic N) is 1. The van der Waals surface area contributed by atoms with Gasteiger partial charge in [-0.05, 0) is 33.2 Å². The van der Waals surface area contributed by atoms with Gasteiger partial charge in [0, 0.05) is 6.54 Å². The molecule has 1 rings (SSSR count). The first kappa shape index (κ1) is 25.0. The third-order valence-electron chi connectivity index (χ3n) is 3.57. The van der Waals surface area contributed by atoms with Crippen molar-refractivity contribution in [3.63, 3.8) is 0 Å². The van der Waals surface area contributed by atoms with Crippen molar-refractivity contribution in [2.75, 3.05) is 80.1 Å². The van der Waals surface area contributed by atoms with Crippen molar-refractivity contribution in [1.82, 2.24) is 4.90 Å². The van der Waals surface area contributed by atoms with Gasteiger partial charge < -0.3 is 23.8 Å². The van der Waals surface area contributed by atoms with Crippen LogP contribution in [-0.4, -0.2) is 93.4 Å². The predicted molar refractivity (Wildman–Crippen MR) is 106 cm³/mol. The number of aryl methyl sites for hydroxylation is 1. The van der Waals surface area contributed by atoms with E-state index in [1.54, 1.807) is 12.1 Å². The number of hydrogen-bond acceptors (Lipinski definition) is 8. The van der Waals surface area contributed by atoms with Crippen molar-refractivity contribution in [3.8, 4) is 0 Å². The van der Waals surface area contributed by atoms with Crippen molar-refractivity contribution < 1.29 is 31.5 Å². The Morgan fingerprint density at radius 1 is 0.714 bits per heavy atom. The lowest BCUT2D eigenvalue weighted by molar-refractivity contribution is -0.00536. The van der Waals surface area contributed by atoms with Gasteiger partial charge in [-0.2, -0.15) is 8.42 Å². The number of rotatable bonds is 17. The predicted octanol–water partition coefficient (Wildman–Crippen LogP) is 1.33. The van der Waals surface area contributed by atoms with E-state index < -0.39 is 10.1 Å². The fourth-order valence-electron chi connectivity index (χ4n) is 1.98. The monoisotopic (exact) mass is 419 g/mol. The lowest BCUT2D eigenvalue weighted by Gasteiger charge is -2.10. The molecule has 1 aromatic rings. The topological polar surface area (TPSA) is 83.5 Å². The van der Waals surface area contributed by atoms with Crippen LogP contribution in [0, 0.1) is 6.92 Å². The van der Waals surface area contributed by atoms with Gasteiger partial charge in [0.05, 0.1) is 64.4 Å². The van der Waals surface area contributed by atoms with E-state index in [1.165, 1.54) is 12.1 Å². The minimum atomic E-state index is -3.74. The number of hydrogen-bond donors (Lipinski definition) is 0. The van der Waals surface area contributed by atoms with Crippen molar-refractivity contribution in [1.29, 1.82) is 0 Å². The maximum absolute atomic E-state index is 12.0. The van der Waals surface area contributed by atoms with Crippen LogP contribution >= 0.6 is 0 Å². The van der Waals surface area contributed by atoms with E-state index in [-0.39, 0.29) is 18.1 Å². The Bertz CT molecular complexity index is 605. The second-order valence-corrected chi connectivity index (χ2v) is 7.96. The zero-order chi connectivity index (χ0) is 20.7. The molecule has 162 valence electrons. The summed E-state index contributed by atoms with van der Waals surface area (Å²) in [4.78, 5) is 2.20. The van der Waals surface area contributed by atoms with Gasteiger partial charge in [-0.25, -0.2) is 0 Å². The molecule has 0 unspecified atom stereocenters. The highest BCUT2D eigenvalue weighted by molar-refractivity contribution is 7.86. The van der Waals surface area contributed by atoms with Gasteiger partial charge in [0.2, 0.25) is 0 Å². The number of ether oxygens (including phenoxy) is 4. The van der Waals surface area contributed by atoms with E-state index in [1.807, 2.05) is 21.0 Å². The van der Waals surface area contributed by atoms with Crippen molar-refractivity contribution in [2.24, 2.45) is 0 Å². The molecule has 0 fully saturated rings. The van der Waals surface area contributed by atoms with E-state index >= 15 is 0 Å². The second-order valence-electron chi connectivity index (χ2n) is 6.34. The summed E-state index contributed by atoms with van der Waals surface area (Å²) in [6, 6.07) is 6.51. The quantitative estimate of drug-likeness (QED) is 0.276. The Labute approximate surface area is 168 Å². The molecule has 0 amide bonds. The Morgan fingerprint density at radius 2 is 1.14 bits per heavy atom. The lowest BCUT2D eigenvalue weighted by Crippen LogP contribution is -2.19. The molecule has 1 aromatic carbocycles. The third kappa shape index (κ3) is 12.4. The maximum atomic E-state index is 12.0. The van der Waals surface area contributed by atoms with Crippen LogP contribution in [0.3, 0.4) is 0 Å². The van der Waals surface area contributed by atoms with Crippen LogP contribution in [0.15, 0.2) is 29.2 Å². The summed E-state index contributed by atoms with van der Waals surface area (Å²) in [5, 5.41) is 0. The van der Waals surface area contributed by atoms with Gasteiger partial charge in [0.1, 0.15) is 0 Å². The van der Waals surface area contributed by atoms with Gasteiger partial charge >= 0.3 is 0 Å². The molecule has 8 nitrogen and oxygen atoms in total. The largest absolute Gasteiger partial charge is 0.378 e. The zero-order valence-corrected chi connectivity index (χ0v) is 17.9. The molecule has 0 spiro atoms. The van der Waals surface area contributed by atoms with Crippen LogP contribution in [0.4, 0.5) is 0 Å². The van der Waals surface area contributed by atoms with Crippen LogP contribution in [0.2, 0.25) is 0 Å². The molecule has 0 atom stereocenters. The first-order valence-electron chi connectivity index (χ1n) is 9.33. The highest BCUT2D eigenvalue weighted by atomic mass is 32.2. The molecule has 0 saturated heterocycles. The van der Waals surface area contributed by atoms with Crippen LogP contribution in [0.25, 0.3) is 0 Å². The molecular weight excluding hydrogens is 386 g/mol. The molecule has 0 aromatic heterocycles. The minimum Gasteiger partial charge on any atom is -0.378 e. The molecule has 0 N–H and O–H groups in total. The summed E-state index contributed by atoms with van der Waals surface area (Å²) in [5.41, 5.74) is 0.987. The summed E-state index contributed by atoms with van der Waals surface area (Å²) in [6.45, 7) is 6.47. The summed E-state index contributed by atoms with van der Waals surface area (Å²) in [6.07, 6.45) is 0. The molecular formula is C19H33NO7S. The molecule has 0 saturated carbocycles. The third-order valence-corrected chi connectivity index (χ3v) is 4.90. The van der Waals surface area contributed by atoms with Crippen LogP contribution < -0.4 is 0 Å². The number of likely N-dealkylation sites (N-methyl/N-ethyl adjacent to an activating group) is 1. The minimum absolute atomic E-state index is 0.0346. The van der Waals surface area contributed by atoms with Crippen molar-refractivity contribution in [2.45, 2.75) is 11.8 Å². The highest BCUT2D eigenvalue weighted by Crippen LogP contribution is 2.12. The second kappa shape index (κ2) is 14.9. The standard InChI is InChI=1S/C19H33NO7S/c1-18-4-6-19(7-5-18)28(21,22)27-17-16-26-15-14-25-13-12-24-11-10-23-9-8-20(2)3/h4-7H,8-17H2,1-3H3. The van der Waals surface area contributed by atoms with E-state index in [4.69, 9.17) is 23.1 Å². The van der Waals surface area contributed by atoms with Crippen molar-refractivity contribution >= 4 is 10.1 Å². The first-order chi connectivity index (χ1) is 13.4. The van der Waals surface area contributed by atoms with Crippen LogP contribution in [0.1, 0.15) is 5.56 Å². The summed E-state index contributed by atoms with van der Waals surface area (Å²) in [7, 11) is 0.264. The fourth-order valence-corrected chi connectivity index (χ4v) is 2.88. The maximum Gasteiger partial charge on any atom is 0.297 e. The molecule has 0 aliphatic heterocycles. The summed E-state index contributed by atoms with van der Waals surface area (Å²) >= 11 is 0. The Morgan fingerprint density at radius 3 is 1.61 bits per heavy atom. The Hall–Kier alpha value is -1.07. The fraction of sp³-hybridized carbons (Fsp3) is 0.684. The van der Waals surface area contributed by atoms with E-state index in [0.717, 1.165) is 12.1 Å². The lowest BCUT2D eigenvalue weighted by atomic mass is 10.2. The molecule has 28 heavy (non-hydrogen) atoms. The summed E-state index contributed by atoms with van der Waals surface area (Å²) in [5.74, 6) is 0. The van der Waals surface area contributed by atoms with E-state index in [9.17, 15) is 8.42 Å². The Kier molecular flexibility index (Phi) is 13.3. The molecule has 0 bridgehead atoms. The average molecular weight is 420 g/mol. The smallest absolute Gasteiger partial charge is 0.297 e. The highest BCUT2D eigenvalue weighted by Gasteiger charge is 2.14. The van der Waals surface area contributed by atoms with E-state index in [2.05, 4.69) is 4.90 Å². The summed E-state index contributed by atoms with van der Waals surface area (Å²) < 4.78 is 50.3. The zero-order valence-electron chi connectivity index (χ0n) is 17.1. The Balaban J connectivity index is 1.89. The molecule has 9 heteroatoms. The molecule has 0 aliphatic rings. The average Bonchev–Trinajstić information content (AvgIpc) is 2.65. The first-order valence-corrected chi connectivity index (χ1v) is 10.7. The molecule has 0 heterocycles. The molecule has 0 radical (unpaired) electrons. The van der Waals surface area contributed by atoms with Gasteiger partial charge in [0.15, 0.2) is 0 Å². The van der Waals surface area contributed by atoms with Crippen LogP contribution in [-0.2, 0) is 33.2 Å².